The second kappa shape index (κ2) is 9.24. The molecule has 3 aromatic rings. The summed E-state index contributed by atoms with van der Waals surface area (Å²) in [5.41, 5.74) is 2.24. The third-order valence-corrected chi connectivity index (χ3v) is 4.48. The summed E-state index contributed by atoms with van der Waals surface area (Å²) in [4.78, 5) is 8.90. The number of hydrogen-bond acceptors (Lipinski definition) is 5. The van der Waals surface area contributed by atoms with Gasteiger partial charge in [-0.25, -0.2) is 9.97 Å². The van der Waals surface area contributed by atoms with Crippen LogP contribution < -0.4 is 15.4 Å². The van der Waals surface area contributed by atoms with Crippen LogP contribution >= 0.6 is 11.6 Å². The topological polar surface area (TPSA) is 59.1 Å². The SMILES string of the molecule is COc1cccc(CCNc2cc(NCc3ccccc3Cl)nc(C)n2)c1. The van der Waals surface area contributed by atoms with Gasteiger partial charge in [0.2, 0.25) is 0 Å². The van der Waals surface area contributed by atoms with Crippen LogP contribution in [0.3, 0.4) is 0 Å². The van der Waals surface area contributed by atoms with Gasteiger partial charge in [0.1, 0.15) is 23.2 Å². The number of nitrogens with zero attached hydrogens (tertiary/aromatic N) is 2. The first-order valence-electron chi connectivity index (χ1n) is 8.84. The number of aryl methyl sites for hydroxylation is 1. The van der Waals surface area contributed by atoms with E-state index in [2.05, 4.69) is 26.7 Å². The molecule has 0 spiro atoms. The van der Waals surface area contributed by atoms with E-state index in [-0.39, 0.29) is 0 Å². The minimum atomic E-state index is 0.610. The molecule has 0 aliphatic heterocycles. The number of anilines is 2. The predicted octanol–water partition coefficient (Wildman–Crippen LogP) is 4.71. The van der Waals surface area contributed by atoms with Crippen molar-refractivity contribution < 1.29 is 4.74 Å². The average molecular weight is 383 g/mol. The van der Waals surface area contributed by atoms with E-state index in [0.717, 1.165) is 40.9 Å². The van der Waals surface area contributed by atoms with Gasteiger partial charge < -0.3 is 15.4 Å². The van der Waals surface area contributed by atoms with Crippen LogP contribution in [0.15, 0.2) is 54.6 Å². The first-order chi connectivity index (χ1) is 13.1. The van der Waals surface area contributed by atoms with Crippen LogP contribution in [0.5, 0.6) is 5.75 Å². The van der Waals surface area contributed by atoms with Gasteiger partial charge in [-0.3, -0.25) is 0 Å². The maximum atomic E-state index is 6.21. The summed E-state index contributed by atoms with van der Waals surface area (Å²) < 4.78 is 5.26. The molecule has 0 atom stereocenters. The van der Waals surface area contributed by atoms with E-state index in [0.29, 0.717) is 12.4 Å². The molecule has 0 saturated heterocycles. The van der Waals surface area contributed by atoms with Gasteiger partial charge in [0.25, 0.3) is 0 Å². The van der Waals surface area contributed by atoms with E-state index in [4.69, 9.17) is 16.3 Å². The van der Waals surface area contributed by atoms with Crippen LogP contribution in [0, 0.1) is 6.92 Å². The van der Waals surface area contributed by atoms with Crippen LogP contribution in [0.2, 0.25) is 5.02 Å². The zero-order valence-electron chi connectivity index (χ0n) is 15.5. The molecule has 1 heterocycles. The van der Waals surface area contributed by atoms with Crippen molar-refractivity contribution in [2.45, 2.75) is 19.9 Å². The lowest BCUT2D eigenvalue weighted by molar-refractivity contribution is 0.414. The lowest BCUT2D eigenvalue weighted by atomic mass is 10.1. The number of benzene rings is 2. The van der Waals surface area contributed by atoms with E-state index in [1.807, 2.05) is 55.5 Å². The molecule has 5 nitrogen and oxygen atoms in total. The van der Waals surface area contributed by atoms with Gasteiger partial charge in [-0.05, 0) is 42.7 Å². The predicted molar refractivity (Wildman–Crippen MR) is 111 cm³/mol. The van der Waals surface area contributed by atoms with Crippen LogP contribution in [-0.2, 0) is 13.0 Å². The van der Waals surface area contributed by atoms with E-state index in [1.165, 1.54) is 5.56 Å². The summed E-state index contributed by atoms with van der Waals surface area (Å²) in [6.45, 7) is 3.26. The van der Waals surface area contributed by atoms with E-state index in [9.17, 15) is 0 Å². The van der Waals surface area contributed by atoms with Crippen molar-refractivity contribution in [3.63, 3.8) is 0 Å². The standard InChI is InChI=1S/C21H23ClN4O/c1-15-25-20(23-11-10-16-6-5-8-18(12-16)27-2)13-21(26-15)24-14-17-7-3-4-9-19(17)22/h3-9,12-13H,10-11,14H2,1-2H3,(H2,23,24,25,26). The zero-order chi connectivity index (χ0) is 19.1. The molecular formula is C21H23ClN4O. The van der Waals surface area contributed by atoms with E-state index in [1.54, 1.807) is 7.11 Å². The lowest BCUT2D eigenvalue weighted by Gasteiger charge is -2.11. The number of rotatable bonds is 8. The fourth-order valence-corrected chi connectivity index (χ4v) is 2.94. The maximum Gasteiger partial charge on any atom is 0.132 e. The van der Waals surface area contributed by atoms with Crippen molar-refractivity contribution in [1.29, 1.82) is 0 Å². The van der Waals surface area contributed by atoms with Gasteiger partial charge in [0, 0.05) is 24.2 Å². The summed E-state index contributed by atoms with van der Waals surface area (Å²) in [5.74, 6) is 3.15. The monoisotopic (exact) mass is 382 g/mol. The van der Waals surface area contributed by atoms with Crippen molar-refractivity contribution in [3.05, 3.63) is 76.6 Å². The van der Waals surface area contributed by atoms with Crippen molar-refractivity contribution in [2.75, 3.05) is 24.3 Å². The molecule has 0 radical (unpaired) electrons. The number of aromatic nitrogens is 2. The molecular weight excluding hydrogens is 360 g/mol. The lowest BCUT2D eigenvalue weighted by Crippen LogP contribution is -2.09. The van der Waals surface area contributed by atoms with Crippen LogP contribution in [-0.4, -0.2) is 23.6 Å². The van der Waals surface area contributed by atoms with Gasteiger partial charge in [0.05, 0.1) is 7.11 Å². The molecule has 0 saturated carbocycles. The van der Waals surface area contributed by atoms with Crippen molar-refractivity contribution >= 4 is 23.2 Å². The molecule has 0 aliphatic carbocycles. The second-order valence-corrected chi connectivity index (χ2v) is 6.57. The molecule has 0 unspecified atom stereocenters. The Bertz CT molecular complexity index is 901. The van der Waals surface area contributed by atoms with Crippen LogP contribution in [0.4, 0.5) is 11.6 Å². The molecule has 6 heteroatoms. The minimum Gasteiger partial charge on any atom is -0.497 e. The summed E-state index contributed by atoms with van der Waals surface area (Å²) in [6.07, 6.45) is 0.878. The Hall–Kier alpha value is -2.79. The average Bonchev–Trinajstić information content (AvgIpc) is 2.67. The largest absolute Gasteiger partial charge is 0.497 e. The highest BCUT2D eigenvalue weighted by Crippen LogP contribution is 2.18. The van der Waals surface area contributed by atoms with Gasteiger partial charge in [-0.1, -0.05) is 41.9 Å². The molecule has 0 aliphatic rings. The van der Waals surface area contributed by atoms with Crippen LogP contribution in [0.25, 0.3) is 0 Å². The highest BCUT2D eigenvalue weighted by atomic mass is 35.5. The summed E-state index contributed by atoms with van der Waals surface area (Å²) >= 11 is 6.21. The fourth-order valence-electron chi connectivity index (χ4n) is 2.74. The number of hydrogen-bond donors (Lipinski definition) is 2. The normalized spacial score (nSPS) is 10.5. The van der Waals surface area contributed by atoms with Crippen molar-refractivity contribution in [1.82, 2.24) is 9.97 Å². The van der Waals surface area contributed by atoms with E-state index >= 15 is 0 Å². The first-order valence-corrected chi connectivity index (χ1v) is 9.21. The number of methoxy groups -OCH3 is 1. The Morgan fingerprint density at radius 3 is 2.52 bits per heavy atom. The molecule has 140 valence electrons. The van der Waals surface area contributed by atoms with Gasteiger partial charge in [0.15, 0.2) is 0 Å². The van der Waals surface area contributed by atoms with Gasteiger partial charge >= 0.3 is 0 Å². The second-order valence-electron chi connectivity index (χ2n) is 6.16. The Morgan fingerprint density at radius 1 is 0.963 bits per heavy atom. The molecule has 2 aromatic carbocycles. The summed E-state index contributed by atoms with van der Waals surface area (Å²) in [7, 11) is 1.68. The Morgan fingerprint density at radius 2 is 1.74 bits per heavy atom. The maximum absolute atomic E-state index is 6.21. The van der Waals surface area contributed by atoms with Crippen molar-refractivity contribution in [2.24, 2.45) is 0 Å². The van der Waals surface area contributed by atoms with E-state index < -0.39 is 0 Å². The number of halogens is 1. The van der Waals surface area contributed by atoms with Gasteiger partial charge in [-0.2, -0.15) is 0 Å². The van der Waals surface area contributed by atoms with Crippen molar-refractivity contribution in [3.8, 4) is 5.75 Å². The molecule has 1 aromatic heterocycles. The number of ether oxygens (including phenoxy) is 1. The molecule has 0 bridgehead atoms. The molecule has 0 amide bonds. The molecule has 3 rings (SSSR count). The smallest absolute Gasteiger partial charge is 0.132 e. The first kappa shape index (κ1) is 19.0. The fraction of sp³-hybridized carbons (Fsp3) is 0.238. The van der Waals surface area contributed by atoms with Crippen LogP contribution in [0.1, 0.15) is 17.0 Å². The zero-order valence-corrected chi connectivity index (χ0v) is 16.3. The summed E-state index contributed by atoms with van der Waals surface area (Å²) in [5, 5.41) is 7.42. The number of nitrogens with one attached hydrogen (secondary N) is 2. The minimum absolute atomic E-state index is 0.610. The van der Waals surface area contributed by atoms with Gasteiger partial charge in [-0.15, -0.1) is 0 Å². The Balaban J connectivity index is 1.58. The Labute approximate surface area is 164 Å². The Kier molecular flexibility index (Phi) is 6.49. The highest BCUT2D eigenvalue weighted by Gasteiger charge is 2.04. The molecule has 0 fully saturated rings. The molecule has 2 N–H and O–H groups in total. The highest BCUT2D eigenvalue weighted by molar-refractivity contribution is 6.31. The third-order valence-electron chi connectivity index (χ3n) is 4.11. The quantitative estimate of drug-likeness (QED) is 0.590. The third kappa shape index (κ3) is 5.59. The molecule has 27 heavy (non-hydrogen) atoms. The summed E-state index contributed by atoms with van der Waals surface area (Å²) in [6, 6.07) is 17.8.